The minimum Gasteiger partial charge on any atom is -0.481 e. The van der Waals surface area contributed by atoms with E-state index in [1.807, 2.05) is 11.8 Å². The van der Waals surface area contributed by atoms with E-state index in [0.29, 0.717) is 30.6 Å². The molecule has 0 amide bonds. The van der Waals surface area contributed by atoms with E-state index in [-0.39, 0.29) is 17.7 Å². The summed E-state index contributed by atoms with van der Waals surface area (Å²) < 4.78 is 0. The molecule has 1 aromatic rings. The van der Waals surface area contributed by atoms with Gasteiger partial charge in [-0.25, -0.2) is 0 Å². The summed E-state index contributed by atoms with van der Waals surface area (Å²) in [7, 11) is 0. The van der Waals surface area contributed by atoms with Gasteiger partial charge in [0.15, 0.2) is 5.78 Å². The summed E-state index contributed by atoms with van der Waals surface area (Å²) >= 11 is 0. The number of piperidine rings is 1. The first-order valence-corrected chi connectivity index (χ1v) is 7.39. The molecule has 1 aromatic carbocycles. The number of nitrogens with zero attached hydrogens (tertiary/aromatic N) is 1. The molecule has 1 saturated heterocycles. The lowest BCUT2D eigenvalue weighted by Crippen LogP contribution is -2.47. The van der Waals surface area contributed by atoms with Crippen LogP contribution < -0.4 is 5.73 Å². The highest BCUT2D eigenvalue weighted by molar-refractivity contribution is 6.00. The molecular weight excluding hydrogens is 268 g/mol. The number of aliphatic carboxylic acids is 1. The first-order chi connectivity index (χ1) is 10.0. The number of hydrogen-bond acceptors (Lipinski definition) is 4. The fourth-order valence-electron chi connectivity index (χ4n) is 2.94. The molecule has 5 nitrogen and oxygen atoms in total. The third-order valence-corrected chi connectivity index (χ3v) is 4.13. The molecule has 1 heterocycles. The summed E-state index contributed by atoms with van der Waals surface area (Å²) in [5, 5.41) is 9.17. The lowest BCUT2D eigenvalue weighted by Gasteiger charge is -2.35. The Hall–Kier alpha value is -1.88. The molecule has 5 heteroatoms. The number of Topliss-reactive ketones (excluding diaryl/α,β-unsaturated/α-hetero) is 1. The maximum absolute atomic E-state index is 12.6. The number of nitrogens with two attached hydrogens (primary N) is 1. The van der Waals surface area contributed by atoms with Crippen molar-refractivity contribution < 1.29 is 14.7 Å². The zero-order chi connectivity index (χ0) is 15.4. The fraction of sp³-hybridized carbons (Fsp3) is 0.500. The smallest absolute Gasteiger partial charge is 0.307 e. The van der Waals surface area contributed by atoms with Crippen molar-refractivity contribution in [3.8, 4) is 0 Å². The van der Waals surface area contributed by atoms with Gasteiger partial charge in [0, 0.05) is 17.8 Å². The van der Waals surface area contributed by atoms with Crippen molar-refractivity contribution in [2.45, 2.75) is 32.2 Å². The molecule has 1 aliphatic heterocycles. The van der Waals surface area contributed by atoms with Crippen LogP contribution in [0, 0.1) is 5.92 Å². The van der Waals surface area contributed by atoms with Crippen molar-refractivity contribution in [3.63, 3.8) is 0 Å². The largest absolute Gasteiger partial charge is 0.481 e. The summed E-state index contributed by atoms with van der Waals surface area (Å²) in [5.74, 6) is -1.09. The molecule has 1 fully saturated rings. The average molecular weight is 290 g/mol. The van der Waals surface area contributed by atoms with Gasteiger partial charge in [-0.2, -0.15) is 0 Å². The van der Waals surface area contributed by atoms with Gasteiger partial charge < -0.3 is 10.8 Å². The van der Waals surface area contributed by atoms with E-state index in [2.05, 4.69) is 0 Å². The zero-order valence-corrected chi connectivity index (χ0v) is 12.3. The molecule has 2 rings (SSSR count). The first-order valence-electron chi connectivity index (χ1n) is 7.39. The molecular formula is C16H22N2O3. The number of hydrogen-bond donors (Lipinski definition) is 2. The van der Waals surface area contributed by atoms with Crippen molar-refractivity contribution in [1.82, 2.24) is 4.90 Å². The van der Waals surface area contributed by atoms with E-state index in [4.69, 9.17) is 5.73 Å². The van der Waals surface area contributed by atoms with Gasteiger partial charge in [0.25, 0.3) is 0 Å². The molecule has 1 aliphatic rings. The van der Waals surface area contributed by atoms with E-state index in [0.717, 1.165) is 13.0 Å². The number of nitrogen functional groups attached to an aromatic ring is 1. The number of benzene rings is 1. The molecule has 0 radical (unpaired) electrons. The molecule has 0 aliphatic carbocycles. The first kappa shape index (κ1) is 15.5. The second-order valence-electron chi connectivity index (χ2n) is 5.58. The van der Waals surface area contributed by atoms with Gasteiger partial charge in [0.2, 0.25) is 0 Å². The number of carbonyl (C=O) groups excluding carboxylic acids is 1. The van der Waals surface area contributed by atoms with Crippen LogP contribution in [0.4, 0.5) is 5.69 Å². The van der Waals surface area contributed by atoms with E-state index < -0.39 is 5.97 Å². The van der Waals surface area contributed by atoms with Crippen LogP contribution in [0.1, 0.15) is 36.5 Å². The molecule has 0 spiro atoms. The Labute approximate surface area is 124 Å². The highest BCUT2D eigenvalue weighted by Gasteiger charge is 2.32. The Balaban J connectivity index is 2.13. The second-order valence-corrected chi connectivity index (χ2v) is 5.58. The fourth-order valence-corrected chi connectivity index (χ4v) is 2.94. The maximum atomic E-state index is 12.6. The lowest BCUT2D eigenvalue weighted by atomic mass is 9.93. The summed E-state index contributed by atoms with van der Waals surface area (Å²) in [6.45, 7) is 3.20. The van der Waals surface area contributed by atoms with Gasteiger partial charge in [-0.15, -0.1) is 0 Å². The van der Waals surface area contributed by atoms with E-state index in [1.165, 1.54) is 0 Å². The van der Waals surface area contributed by atoms with Gasteiger partial charge in [0.1, 0.15) is 0 Å². The van der Waals surface area contributed by atoms with Gasteiger partial charge in [-0.1, -0.05) is 6.92 Å². The van der Waals surface area contributed by atoms with Crippen molar-refractivity contribution in [2.75, 3.05) is 18.8 Å². The number of likely N-dealkylation sites (tertiary alicyclic amines) is 1. The number of carbonyl (C=O) groups is 2. The van der Waals surface area contributed by atoms with Gasteiger partial charge >= 0.3 is 5.97 Å². The Kier molecular flexibility index (Phi) is 4.96. The Bertz CT molecular complexity index is 513. The minimum atomic E-state index is -0.769. The Morgan fingerprint density at radius 3 is 2.62 bits per heavy atom. The van der Waals surface area contributed by atoms with Crippen molar-refractivity contribution in [1.29, 1.82) is 0 Å². The summed E-state index contributed by atoms with van der Waals surface area (Å²) in [6, 6.07) is 6.65. The quantitative estimate of drug-likeness (QED) is 0.640. The number of anilines is 1. The molecule has 2 atom stereocenters. The monoisotopic (exact) mass is 290 g/mol. The number of ketones is 1. The third kappa shape index (κ3) is 3.61. The maximum Gasteiger partial charge on any atom is 0.307 e. The highest BCUT2D eigenvalue weighted by atomic mass is 16.4. The van der Waals surface area contributed by atoms with Crippen molar-refractivity contribution >= 4 is 17.4 Å². The minimum absolute atomic E-state index is 0.0449. The van der Waals surface area contributed by atoms with Gasteiger partial charge in [0.05, 0.1) is 12.0 Å². The van der Waals surface area contributed by atoms with Crippen LogP contribution >= 0.6 is 0 Å². The Morgan fingerprint density at radius 2 is 2.05 bits per heavy atom. The van der Waals surface area contributed by atoms with E-state index in [9.17, 15) is 14.7 Å². The summed E-state index contributed by atoms with van der Waals surface area (Å²) in [6.07, 6.45) is 2.19. The number of rotatable bonds is 5. The van der Waals surface area contributed by atoms with Crippen LogP contribution in [-0.2, 0) is 4.79 Å². The van der Waals surface area contributed by atoms with Crippen LogP contribution in [0.3, 0.4) is 0 Å². The molecule has 0 saturated carbocycles. The lowest BCUT2D eigenvalue weighted by molar-refractivity contribution is -0.143. The van der Waals surface area contributed by atoms with Crippen LogP contribution in [0.25, 0.3) is 0 Å². The average Bonchev–Trinajstić information content (AvgIpc) is 2.49. The normalized spacial score (nSPS) is 20.9. The molecule has 0 bridgehead atoms. The number of carboxylic acids is 1. The van der Waals surface area contributed by atoms with Crippen molar-refractivity contribution in [3.05, 3.63) is 29.8 Å². The summed E-state index contributed by atoms with van der Waals surface area (Å²) in [4.78, 5) is 25.8. The van der Waals surface area contributed by atoms with Crippen LogP contribution in [0.2, 0.25) is 0 Å². The van der Waals surface area contributed by atoms with E-state index >= 15 is 0 Å². The van der Waals surface area contributed by atoms with Gasteiger partial charge in [-0.05, 0) is 50.1 Å². The van der Waals surface area contributed by atoms with Crippen LogP contribution in [0.15, 0.2) is 24.3 Å². The molecule has 2 unspecified atom stereocenters. The Morgan fingerprint density at radius 1 is 1.38 bits per heavy atom. The highest BCUT2D eigenvalue weighted by Crippen LogP contribution is 2.22. The zero-order valence-electron chi connectivity index (χ0n) is 12.3. The standard InChI is InChI=1S/C16H22N2O3/c1-2-14(15(19)11-5-7-13(17)8-6-11)18-9-3-4-12(10-18)16(20)21/h5-8,12,14H,2-4,9-10,17H2,1H3,(H,20,21). The predicted molar refractivity (Wildman–Crippen MR) is 81.2 cm³/mol. The topological polar surface area (TPSA) is 83.6 Å². The van der Waals surface area contributed by atoms with Crippen LogP contribution in [0.5, 0.6) is 0 Å². The second kappa shape index (κ2) is 6.72. The molecule has 114 valence electrons. The predicted octanol–water partition coefficient (Wildman–Crippen LogP) is 2.03. The van der Waals surface area contributed by atoms with Crippen LogP contribution in [-0.4, -0.2) is 40.9 Å². The molecule has 0 aromatic heterocycles. The number of carboxylic acid groups (broad SMARTS) is 1. The molecule has 21 heavy (non-hydrogen) atoms. The molecule has 3 N–H and O–H groups in total. The summed E-state index contributed by atoms with van der Waals surface area (Å²) in [5.41, 5.74) is 6.90. The third-order valence-electron chi connectivity index (χ3n) is 4.13. The van der Waals surface area contributed by atoms with Crippen molar-refractivity contribution in [2.24, 2.45) is 5.92 Å². The van der Waals surface area contributed by atoms with E-state index in [1.54, 1.807) is 24.3 Å². The van der Waals surface area contributed by atoms with Gasteiger partial charge in [-0.3, -0.25) is 14.5 Å². The SMILES string of the molecule is CCC(C(=O)c1ccc(N)cc1)N1CCCC(C(=O)O)C1.